The molecule has 3 nitrogen and oxygen atoms in total. The third-order valence-corrected chi connectivity index (χ3v) is 1.79. The van der Waals surface area contributed by atoms with Crippen LogP contribution >= 0.6 is 0 Å². The van der Waals surface area contributed by atoms with Gasteiger partial charge in [-0.15, -0.1) is 0 Å². The molecular formula is C10H10FNO2. The number of hydrogen-bond acceptors (Lipinski definition) is 3. The van der Waals surface area contributed by atoms with Crippen LogP contribution in [0.25, 0.3) is 0 Å². The van der Waals surface area contributed by atoms with Crippen LogP contribution in [0.4, 0.5) is 4.39 Å². The molecule has 0 heterocycles. The number of hydrogen-bond donors (Lipinski definition) is 0. The minimum Gasteiger partial charge on any atom is -0.493 e. The molecule has 0 aliphatic rings. The van der Waals surface area contributed by atoms with E-state index >= 15 is 0 Å². The van der Waals surface area contributed by atoms with Crippen LogP contribution in [0.1, 0.15) is 5.56 Å². The number of halogens is 1. The molecule has 1 aromatic carbocycles. The smallest absolute Gasteiger partial charge is 0.165 e. The minimum atomic E-state index is -0.437. The predicted octanol–water partition coefficient (Wildman–Crippen LogP) is 1.91. The van der Waals surface area contributed by atoms with Crippen molar-refractivity contribution in [2.24, 2.45) is 0 Å². The Balaban J connectivity index is 3.25. The third-order valence-electron chi connectivity index (χ3n) is 1.79. The van der Waals surface area contributed by atoms with Gasteiger partial charge in [-0.05, 0) is 6.07 Å². The Bertz CT molecular complexity index is 371. The van der Waals surface area contributed by atoms with Gasteiger partial charge in [-0.25, -0.2) is 4.39 Å². The van der Waals surface area contributed by atoms with E-state index in [9.17, 15) is 4.39 Å². The number of benzene rings is 1. The molecule has 0 saturated carbocycles. The van der Waals surface area contributed by atoms with Crippen molar-refractivity contribution in [3.63, 3.8) is 0 Å². The average molecular weight is 195 g/mol. The molecule has 74 valence electrons. The SMILES string of the molecule is COc1cc(F)cc(CC#N)c1OC. The standard InChI is InChI=1S/C10H10FNO2/c1-13-9-6-8(11)5-7(3-4-12)10(9)14-2/h5-6H,3H2,1-2H3. The number of nitriles is 1. The molecule has 0 spiro atoms. The summed E-state index contributed by atoms with van der Waals surface area (Å²) in [6, 6.07) is 4.43. The zero-order valence-corrected chi connectivity index (χ0v) is 8.00. The average Bonchev–Trinajstić information content (AvgIpc) is 2.17. The van der Waals surface area contributed by atoms with Gasteiger partial charge >= 0.3 is 0 Å². The molecular weight excluding hydrogens is 185 g/mol. The summed E-state index contributed by atoms with van der Waals surface area (Å²) < 4.78 is 23.0. The van der Waals surface area contributed by atoms with Crippen molar-refractivity contribution in [3.8, 4) is 17.6 Å². The first-order valence-corrected chi connectivity index (χ1v) is 4.00. The van der Waals surface area contributed by atoms with Gasteiger partial charge in [-0.1, -0.05) is 0 Å². The Labute approximate surface area is 81.7 Å². The van der Waals surface area contributed by atoms with Crippen LogP contribution < -0.4 is 9.47 Å². The van der Waals surface area contributed by atoms with E-state index in [0.29, 0.717) is 17.1 Å². The Hall–Kier alpha value is -1.76. The maximum absolute atomic E-state index is 13.0. The zero-order chi connectivity index (χ0) is 10.6. The summed E-state index contributed by atoms with van der Waals surface area (Å²) in [5.74, 6) is 0.279. The second-order valence-corrected chi connectivity index (χ2v) is 2.64. The lowest BCUT2D eigenvalue weighted by atomic mass is 10.1. The van der Waals surface area contributed by atoms with Gasteiger partial charge in [0.15, 0.2) is 11.5 Å². The maximum atomic E-state index is 13.0. The zero-order valence-electron chi connectivity index (χ0n) is 8.00. The maximum Gasteiger partial charge on any atom is 0.165 e. The highest BCUT2D eigenvalue weighted by Crippen LogP contribution is 2.32. The topological polar surface area (TPSA) is 42.2 Å². The van der Waals surface area contributed by atoms with Gasteiger partial charge in [0.2, 0.25) is 0 Å². The lowest BCUT2D eigenvalue weighted by Gasteiger charge is -2.10. The largest absolute Gasteiger partial charge is 0.493 e. The fourth-order valence-corrected chi connectivity index (χ4v) is 1.22. The van der Waals surface area contributed by atoms with E-state index in [1.54, 1.807) is 0 Å². The summed E-state index contributed by atoms with van der Waals surface area (Å²) in [6.07, 6.45) is 0.0945. The fraction of sp³-hybridized carbons (Fsp3) is 0.300. The van der Waals surface area contributed by atoms with Gasteiger partial charge in [0.1, 0.15) is 5.82 Å². The molecule has 4 heteroatoms. The number of ether oxygens (including phenoxy) is 2. The van der Waals surface area contributed by atoms with Gasteiger partial charge in [0.25, 0.3) is 0 Å². The molecule has 0 aliphatic carbocycles. The Kier molecular flexibility index (Phi) is 3.29. The summed E-state index contributed by atoms with van der Waals surface area (Å²) in [5.41, 5.74) is 0.492. The van der Waals surface area contributed by atoms with Crippen LogP contribution in [-0.4, -0.2) is 14.2 Å². The van der Waals surface area contributed by atoms with E-state index in [2.05, 4.69) is 0 Å². The summed E-state index contributed by atoms with van der Waals surface area (Å²) in [4.78, 5) is 0. The molecule has 0 fully saturated rings. The highest BCUT2D eigenvalue weighted by molar-refractivity contribution is 5.48. The van der Waals surface area contributed by atoms with E-state index in [-0.39, 0.29) is 6.42 Å². The first-order chi connectivity index (χ1) is 6.72. The lowest BCUT2D eigenvalue weighted by Crippen LogP contribution is -1.96. The molecule has 0 amide bonds. The first-order valence-electron chi connectivity index (χ1n) is 4.00. The molecule has 0 radical (unpaired) electrons. The quantitative estimate of drug-likeness (QED) is 0.739. The van der Waals surface area contributed by atoms with Crippen molar-refractivity contribution in [2.75, 3.05) is 14.2 Å². The normalized spacial score (nSPS) is 9.29. The summed E-state index contributed by atoms with van der Waals surface area (Å²) in [6.45, 7) is 0. The molecule has 0 aliphatic heterocycles. The van der Waals surface area contributed by atoms with Gasteiger partial charge in [-0.3, -0.25) is 0 Å². The van der Waals surface area contributed by atoms with Gasteiger partial charge < -0.3 is 9.47 Å². The van der Waals surface area contributed by atoms with Crippen molar-refractivity contribution in [3.05, 3.63) is 23.5 Å². The van der Waals surface area contributed by atoms with Crippen LogP contribution in [0.5, 0.6) is 11.5 Å². The number of nitrogens with zero attached hydrogens (tertiary/aromatic N) is 1. The van der Waals surface area contributed by atoms with E-state index in [4.69, 9.17) is 14.7 Å². The number of methoxy groups -OCH3 is 2. The number of rotatable bonds is 3. The summed E-state index contributed by atoms with van der Waals surface area (Å²) in [7, 11) is 2.88. The van der Waals surface area contributed by atoms with E-state index < -0.39 is 5.82 Å². The van der Waals surface area contributed by atoms with Crippen LogP contribution in [0, 0.1) is 17.1 Å². The molecule has 0 bridgehead atoms. The van der Waals surface area contributed by atoms with E-state index in [1.165, 1.54) is 26.4 Å². The molecule has 1 aromatic rings. The minimum absolute atomic E-state index is 0.0945. The molecule has 1 rings (SSSR count). The molecule has 0 saturated heterocycles. The third kappa shape index (κ3) is 1.94. The van der Waals surface area contributed by atoms with Crippen LogP contribution in [0.3, 0.4) is 0 Å². The van der Waals surface area contributed by atoms with Crippen LogP contribution in [-0.2, 0) is 6.42 Å². The highest BCUT2D eigenvalue weighted by Gasteiger charge is 2.11. The van der Waals surface area contributed by atoms with Crippen molar-refractivity contribution in [1.29, 1.82) is 5.26 Å². The van der Waals surface area contributed by atoms with Crippen LogP contribution in [0.15, 0.2) is 12.1 Å². The van der Waals surface area contributed by atoms with Gasteiger partial charge in [0, 0.05) is 11.6 Å². The lowest BCUT2D eigenvalue weighted by molar-refractivity contribution is 0.349. The van der Waals surface area contributed by atoms with Crippen molar-refractivity contribution >= 4 is 0 Å². The second-order valence-electron chi connectivity index (χ2n) is 2.64. The van der Waals surface area contributed by atoms with Crippen molar-refractivity contribution in [2.45, 2.75) is 6.42 Å². The molecule has 0 unspecified atom stereocenters. The van der Waals surface area contributed by atoms with E-state index in [0.717, 1.165) is 0 Å². The first kappa shape index (κ1) is 10.3. The van der Waals surface area contributed by atoms with Crippen molar-refractivity contribution < 1.29 is 13.9 Å². The Morgan fingerprint density at radius 2 is 2.07 bits per heavy atom. The Morgan fingerprint density at radius 1 is 1.36 bits per heavy atom. The van der Waals surface area contributed by atoms with Crippen molar-refractivity contribution in [1.82, 2.24) is 0 Å². The summed E-state index contributed by atoms with van der Waals surface area (Å²) >= 11 is 0. The van der Waals surface area contributed by atoms with Crippen LogP contribution in [0.2, 0.25) is 0 Å². The molecule has 14 heavy (non-hydrogen) atoms. The molecule has 0 atom stereocenters. The van der Waals surface area contributed by atoms with E-state index in [1.807, 2.05) is 6.07 Å². The summed E-state index contributed by atoms with van der Waals surface area (Å²) in [5, 5.41) is 8.53. The predicted molar refractivity (Wildman–Crippen MR) is 48.8 cm³/mol. The molecule has 0 aromatic heterocycles. The second kappa shape index (κ2) is 4.47. The Morgan fingerprint density at radius 3 is 2.57 bits per heavy atom. The van der Waals surface area contributed by atoms with Gasteiger partial charge in [0.05, 0.1) is 26.7 Å². The highest BCUT2D eigenvalue weighted by atomic mass is 19.1. The van der Waals surface area contributed by atoms with Gasteiger partial charge in [-0.2, -0.15) is 5.26 Å². The fourth-order valence-electron chi connectivity index (χ4n) is 1.22. The monoisotopic (exact) mass is 195 g/mol. The molecule has 0 N–H and O–H groups in total.